The van der Waals surface area contributed by atoms with E-state index in [0.717, 1.165) is 32.5 Å². The molecule has 0 N–H and O–H groups in total. The fourth-order valence-corrected chi connectivity index (χ4v) is 4.42. The summed E-state index contributed by atoms with van der Waals surface area (Å²) in [5.74, 6) is 0.795. The van der Waals surface area contributed by atoms with Crippen molar-refractivity contribution in [1.82, 2.24) is 29.5 Å². The molecule has 1 aromatic carbocycles. The van der Waals surface area contributed by atoms with Gasteiger partial charge in [-0.3, -0.25) is 4.90 Å². The van der Waals surface area contributed by atoms with Crippen LogP contribution in [-0.4, -0.2) is 43.3 Å². The maximum Gasteiger partial charge on any atom is 0.182 e. The second kappa shape index (κ2) is 7.01. The molecule has 5 rings (SSSR count). The van der Waals surface area contributed by atoms with E-state index in [2.05, 4.69) is 43.1 Å². The highest BCUT2D eigenvalue weighted by Crippen LogP contribution is 2.46. The van der Waals surface area contributed by atoms with Gasteiger partial charge in [0.15, 0.2) is 16.6 Å². The van der Waals surface area contributed by atoms with Crippen molar-refractivity contribution in [3.63, 3.8) is 0 Å². The Balaban J connectivity index is 1.55. The zero-order valence-corrected chi connectivity index (χ0v) is 16.4. The Morgan fingerprint density at radius 3 is 2.89 bits per heavy atom. The monoisotopic (exact) mass is 411 g/mol. The summed E-state index contributed by atoms with van der Waals surface area (Å²) in [4.78, 5) is 24.6. The lowest BCUT2D eigenvalue weighted by molar-refractivity contribution is 0.204. The average Bonchev–Trinajstić information content (AvgIpc) is 3.12. The molecule has 4 heterocycles. The predicted octanol–water partition coefficient (Wildman–Crippen LogP) is 3.52. The molecule has 0 unspecified atom stereocenters. The standard InChI is InChI=1S/C18H14ClN7OS/c1-27-10-26-12-6-11(2-3-13(12)28-18-17(26)20-4-5-21-18)7-25-9-24-16-14(25)15(19)22-8-23-16/h2-6,8-9H,7,10H2,1H3. The molecule has 0 aliphatic carbocycles. The van der Waals surface area contributed by atoms with Crippen LogP contribution in [0, 0.1) is 0 Å². The lowest BCUT2D eigenvalue weighted by Gasteiger charge is -2.30. The van der Waals surface area contributed by atoms with Gasteiger partial charge in [-0.25, -0.2) is 24.9 Å². The van der Waals surface area contributed by atoms with Gasteiger partial charge in [-0.15, -0.1) is 0 Å². The Morgan fingerprint density at radius 1 is 1.11 bits per heavy atom. The van der Waals surface area contributed by atoms with Crippen molar-refractivity contribution in [2.75, 3.05) is 18.7 Å². The second-order valence-corrected chi connectivity index (χ2v) is 7.53. The molecule has 28 heavy (non-hydrogen) atoms. The van der Waals surface area contributed by atoms with Gasteiger partial charge in [0.2, 0.25) is 0 Å². The van der Waals surface area contributed by atoms with E-state index < -0.39 is 0 Å². The summed E-state index contributed by atoms with van der Waals surface area (Å²) in [6.45, 7) is 0.978. The Labute approximate surface area is 169 Å². The number of hydrogen-bond donors (Lipinski definition) is 0. The highest BCUT2D eigenvalue weighted by Gasteiger charge is 2.26. The van der Waals surface area contributed by atoms with Gasteiger partial charge in [-0.2, -0.15) is 0 Å². The van der Waals surface area contributed by atoms with Crippen LogP contribution in [-0.2, 0) is 11.3 Å². The van der Waals surface area contributed by atoms with Gasteiger partial charge < -0.3 is 9.30 Å². The fourth-order valence-electron chi connectivity index (χ4n) is 3.20. The predicted molar refractivity (Wildman–Crippen MR) is 106 cm³/mol. The molecule has 8 nitrogen and oxygen atoms in total. The average molecular weight is 412 g/mol. The number of hydrogen-bond acceptors (Lipinski definition) is 8. The minimum atomic E-state index is 0.385. The van der Waals surface area contributed by atoms with Crippen LogP contribution in [0.2, 0.25) is 5.15 Å². The lowest BCUT2D eigenvalue weighted by atomic mass is 10.1. The summed E-state index contributed by atoms with van der Waals surface area (Å²) >= 11 is 7.85. The van der Waals surface area contributed by atoms with E-state index >= 15 is 0 Å². The van der Waals surface area contributed by atoms with Crippen molar-refractivity contribution >= 4 is 46.0 Å². The van der Waals surface area contributed by atoms with Crippen LogP contribution >= 0.6 is 23.4 Å². The molecule has 1 aliphatic heterocycles. The number of ether oxygens (including phenoxy) is 1. The summed E-state index contributed by atoms with van der Waals surface area (Å²) in [6, 6.07) is 6.30. The first-order valence-electron chi connectivity index (χ1n) is 8.44. The zero-order valence-electron chi connectivity index (χ0n) is 14.8. The van der Waals surface area contributed by atoms with Crippen molar-refractivity contribution in [1.29, 1.82) is 0 Å². The van der Waals surface area contributed by atoms with Crippen LogP contribution in [0.1, 0.15) is 5.56 Å². The van der Waals surface area contributed by atoms with E-state index in [0.29, 0.717) is 24.1 Å². The topological polar surface area (TPSA) is 81.9 Å². The van der Waals surface area contributed by atoms with Crippen molar-refractivity contribution in [2.45, 2.75) is 16.5 Å². The molecular weight excluding hydrogens is 398 g/mol. The van der Waals surface area contributed by atoms with Crippen LogP contribution < -0.4 is 4.90 Å². The number of nitrogens with zero attached hydrogens (tertiary/aromatic N) is 7. The largest absolute Gasteiger partial charge is 0.364 e. The Bertz CT molecular complexity index is 1180. The summed E-state index contributed by atoms with van der Waals surface area (Å²) < 4.78 is 7.36. The molecule has 0 saturated carbocycles. The van der Waals surface area contributed by atoms with Crippen LogP contribution in [0.25, 0.3) is 11.2 Å². The minimum absolute atomic E-state index is 0.385. The third-order valence-electron chi connectivity index (χ3n) is 4.40. The normalized spacial score (nSPS) is 12.9. The Morgan fingerprint density at radius 2 is 2.00 bits per heavy atom. The SMILES string of the molecule is COCN1c2cc(Cn3cnc4ncnc(Cl)c43)ccc2Sc2nccnc21. The van der Waals surface area contributed by atoms with Crippen molar-refractivity contribution in [2.24, 2.45) is 0 Å². The molecule has 0 bridgehead atoms. The van der Waals surface area contributed by atoms with Crippen LogP contribution in [0.15, 0.2) is 53.2 Å². The second-order valence-electron chi connectivity index (χ2n) is 6.14. The molecule has 10 heteroatoms. The molecule has 140 valence electrons. The molecule has 1 aliphatic rings. The Kier molecular flexibility index (Phi) is 4.34. The van der Waals surface area contributed by atoms with E-state index in [4.69, 9.17) is 16.3 Å². The number of benzene rings is 1. The summed E-state index contributed by atoms with van der Waals surface area (Å²) in [5, 5.41) is 1.26. The first-order chi connectivity index (χ1) is 13.7. The highest BCUT2D eigenvalue weighted by atomic mass is 35.5. The maximum atomic E-state index is 6.25. The van der Waals surface area contributed by atoms with E-state index in [-0.39, 0.29) is 0 Å². The molecule has 0 spiro atoms. The number of halogens is 1. The summed E-state index contributed by atoms with van der Waals surface area (Å²) in [6.07, 6.45) is 6.54. The van der Waals surface area contributed by atoms with E-state index in [1.165, 1.54) is 6.33 Å². The van der Waals surface area contributed by atoms with Gasteiger partial charge in [-0.05, 0) is 17.7 Å². The molecule has 0 saturated heterocycles. The first-order valence-corrected chi connectivity index (χ1v) is 9.63. The quantitative estimate of drug-likeness (QED) is 0.472. The van der Waals surface area contributed by atoms with E-state index in [9.17, 15) is 0 Å². The molecule has 0 atom stereocenters. The highest BCUT2D eigenvalue weighted by molar-refractivity contribution is 7.99. The van der Waals surface area contributed by atoms with Gasteiger partial charge in [0.05, 0.1) is 12.0 Å². The number of rotatable bonds is 4. The number of methoxy groups -OCH3 is 1. The summed E-state index contributed by atoms with van der Waals surface area (Å²) in [7, 11) is 1.67. The molecule has 4 aromatic rings. The van der Waals surface area contributed by atoms with Crippen molar-refractivity contribution in [3.05, 3.63) is 54.0 Å². The number of anilines is 2. The first kappa shape index (κ1) is 17.4. The number of imidazole rings is 1. The van der Waals surface area contributed by atoms with Crippen molar-refractivity contribution < 1.29 is 4.74 Å². The molecule has 3 aromatic heterocycles. The minimum Gasteiger partial charge on any atom is -0.364 e. The van der Waals surface area contributed by atoms with Crippen LogP contribution in [0.5, 0.6) is 0 Å². The van der Waals surface area contributed by atoms with Gasteiger partial charge in [0, 0.05) is 30.9 Å². The van der Waals surface area contributed by atoms with E-state index in [1.807, 2.05) is 9.47 Å². The molecule has 0 radical (unpaired) electrons. The molecule has 0 fully saturated rings. The third kappa shape index (κ3) is 2.88. The van der Waals surface area contributed by atoms with Gasteiger partial charge >= 0.3 is 0 Å². The van der Waals surface area contributed by atoms with Crippen molar-refractivity contribution in [3.8, 4) is 0 Å². The van der Waals surface area contributed by atoms with Gasteiger partial charge in [-0.1, -0.05) is 29.4 Å². The zero-order chi connectivity index (χ0) is 19.1. The van der Waals surface area contributed by atoms with Gasteiger partial charge in [0.25, 0.3) is 0 Å². The van der Waals surface area contributed by atoms with Gasteiger partial charge in [0.1, 0.15) is 23.6 Å². The molecular formula is C18H14ClN7OS. The third-order valence-corrected chi connectivity index (χ3v) is 5.72. The number of fused-ring (bicyclic) bond motifs is 3. The smallest absolute Gasteiger partial charge is 0.182 e. The van der Waals surface area contributed by atoms with Crippen LogP contribution in [0.4, 0.5) is 11.5 Å². The van der Waals surface area contributed by atoms with E-state index in [1.54, 1.807) is 37.6 Å². The Hall–Kier alpha value is -2.75. The fraction of sp³-hybridized carbons (Fsp3) is 0.167. The number of aromatic nitrogens is 6. The molecule has 0 amide bonds. The lowest BCUT2D eigenvalue weighted by Crippen LogP contribution is -2.24. The summed E-state index contributed by atoms with van der Waals surface area (Å²) in [5.41, 5.74) is 3.43. The maximum absolute atomic E-state index is 6.25. The van der Waals surface area contributed by atoms with Crippen LogP contribution in [0.3, 0.4) is 0 Å².